The molecule has 1 aliphatic heterocycles. The topological polar surface area (TPSA) is 110 Å². The first-order valence-electron chi connectivity index (χ1n) is 7.11. The third-order valence-electron chi connectivity index (χ3n) is 3.70. The van der Waals surface area contributed by atoms with E-state index < -0.39 is 27.7 Å². The number of nitrogens with two attached hydrogens (primary N) is 1. The van der Waals surface area contributed by atoms with E-state index in [9.17, 15) is 18.0 Å². The molecular formula is C14H18ClN3O4S. The molecule has 0 aromatic heterocycles. The summed E-state index contributed by atoms with van der Waals surface area (Å²) >= 11 is 5.86. The van der Waals surface area contributed by atoms with Gasteiger partial charge in [-0.25, -0.2) is 8.42 Å². The molecule has 126 valence electrons. The molecule has 1 fully saturated rings. The van der Waals surface area contributed by atoms with Crippen molar-refractivity contribution >= 4 is 44.6 Å². The first kappa shape index (κ1) is 17.6. The summed E-state index contributed by atoms with van der Waals surface area (Å²) in [5.74, 6) is -1.66. The van der Waals surface area contributed by atoms with E-state index in [1.165, 1.54) is 23.1 Å². The van der Waals surface area contributed by atoms with E-state index >= 15 is 0 Å². The lowest BCUT2D eigenvalue weighted by molar-refractivity contribution is -0.144. The van der Waals surface area contributed by atoms with Crippen molar-refractivity contribution in [2.45, 2.75) is 19.4 Å². The lowest BCUT2D eigenvalue weighted by atomic mass is 10.2. The number of nitrogen functional groups attached to an aromatic ring is 1. The van der Waals surface area contributed by atoms with Gasteiger partial charge in [-0.3, -0.25) is 9.59 Å². The minimum absolute atomic E-state index is 0.0383. The second-order valence-corrected chi connectivity index (χ2v) is 7.97. The summed E-state index contributed by atoms with van der Waals surface area (Å²) in [6.45, 7) is 1.96. The number of carbonyl (C=O) groups is 2. The molecule has 1 aliphatic rings. The number of amides is 2. The average molecular weight is 360 g/mol. The molecule has 3 N–H and O–H groups in total. The van der Waals surface area contributed by atoms with Crippen molar-refractivity contribution in [2.24, 2.45) is 0 Å². The zero-order valence-electron chi connectivity index (χ0n) is 12.6. The maximum atomic E-state index is 12.3. The van der Waals surface area contributed by atoms with Crippen LogP contribution in [0, 0.1) is 0 Å². The first-order valence-corrected chi connectivity index (χ1v) is 9.31. The maximum Gasteiger partial charge on any atom is 0.313 e. The number of hydrogen-bond donors (Lipinski definition) is 2. The fourth-order valence-corrected chi connectivity index (χ4v) is 4.42. The van der Waals surface area contributed by atoms with Gasteiger partial charge in [0, 0.05) is 18.3 Å². The lowest BCUT2D eigenvalue weighted by Gasteiger charge is -2.26. The summed E-state index contributed by atoms with van der Waals surface area (Å²) in [7, 11) is -3.14. The van der Waals surface area contributed by atoms with Gasteiger partial charge in [-0.05, 0) is 31.5 Å². The van der Waals surface area contributed by atoms with Crippen LogP contribution in [-0.2, 0) is 19.4 Å². The molecule has 0 bridgehead atoms. The molecule has 1 heterocycles. The summed E-state index contributed by atoms with van der Waals surface area (Å²) in [6.07, 6.45) is 0.350. The molecule has 0 radical (unpaired) electrons. The fourth-order valence-electron chi connectivity index (χ4n) is 2.51. The van der Waals surface area contributed by atoms with Crippen molar-refractivity contribution in [3.8, 4) is 0 Å². The third-order valence-corrected chi connectivity index (χ3v) is 5.78. The Labute approximate surface area is 139 Å². The Bertz CT molecular complexity index is 736. The van der Waals surface area contributed by atoms with Crippen molar-refractivity contribution in [3.05, 3.63) is 23.2 Å². The summed E-state index contributed by atoms with van der Waals surface area (Å²) in [6, 6.07) is 4.03. The van der Waals surface area contributed by atoms with Gasteiger partial charge in [-0.15, -0.1) is 0 Å². The summed E-state index contributed by atoms with van der Waals surface area (Å²) in [5.41, 5.74) is 6.29. The van der Waals surface area contributed by atoms with Gasteiger partial charge in [0.05, 0.1) is 22.2 Å². The number of sulfone groups is 1. The number of carbonyl (C=O) groups excluding carboxylic acids is 2. The molecule has 1 saturated heterocycles. The molecule has 1 aromatic rings. The van der Waals surface area contributed by atoms with Crippen LogP contribution in [0.1, 0.15) is 13.3 Å². The van der Waals surface area contributed by atoms with E-state index in [-0.39, 0.29) is 23.1 Å². The van der Waals surface area contributed by atoms with E-state index in [1.54, 1.807) is 6.92 Å². The molecule has 23 heavy (non-hydrogen) atoms. The van der Waals surface area contributed by atoms with Crippen molar-refractivity contribution in [1.82, 2.24) is 4.90 Å². The van der Waals surface area contributed by atoms with Gasteiger partial charge >= 0.3 is 11.8 Å². The van der Waals surface area contributed by atoms with Gasteiger partial charge in [0.25, 0.3) is 0 Å². The molecule has 0 aliphatic carbocycles. The molecule has 2 amide bonds. The van der Waals surface area contributed by atoms with Gasteiger partial charge in [-0.1, -0.05) is 11.6 Å². The number of hydrogen-bond acceptors (Lipinski definition) is 5. The summed E-state index contributed by atoms with van der Waals surface area (Å²) in [5, 5.41) is 2.72. The number of rotatable bonds is 3. The third kappa shape index (κ3) is 4.14. The lowest BCUT2D eigenvalue weighted by Crippen LogP contribution is -2.46. The standard InChI is InChI=1S/C14H18ClN3O4S/c1-2-18(10-5-6-23(21,22)8-10)14(20)13(19)17-9-3-4-12(16)11(15)7-9/h3-4,7,10H,2,5-6,8,16H2,1H3,(H,17,19). The Balaban J connectivity index is 2.08. The smallest absolute Gasteiger partial charge is 0.313 e. The second kappa shape index (κ2) is 6.76. The van der Waals surface area contributed by atoms with E-state index in [2.05, 4.69) is 5.32 Å². The van der Waals surface area contributed by atoms with Crippen molar-refractivity contribution in [1.29, 1.82) is 0 Å². The Kier molecular flexibility index (Phi) is 5.16. The molecule has 9 heteroatoms. The van der Waals surface area contributed by atoms with Crippen LogP contribution in [0.5, 0.6) is 0 Å². The Morgan fingerprint density at radius 2 is 2.13 bits per heavy atom. The number of nitrogens with one attached hydrogen (secondary N) is 1. The van der Waals surface area contributed by atoms with Gasteiger partial charge < -0.3 is 16.0 Å². The maximum absolute atomic E-state index is 12.3. The minimum Gasteiger partial charge on any atom is -0.398 e. The van der Waals surface area contributed by atoms with Crippen LogP contribution in [0.25, 0.3) is 0 Å². The molecule has 0 spiro atoms. The van der Waals surface area contributed by atoms with Crippen LogP contribution in [-0.4, -0.2) is 49.2 Å². The quantitative estimate of drug-likeness (QED) is 0.615. The highest BCUT2D eigenvalue weighted by molar-refractivity contribution is 7.91. The monoisotopic (exact) mass is 359 g/mol. The van der Waals surface area contributed by atoms with Crippen LogP contribution in [0.15, 0.2) is 18.2 Å². The number of halogens is 1. The van der Waals surface area contributed by atoms with E-state index in [0.29, 0.717) is 17.8 Å². The largest absolute Gasteiger partial charge is 0.398 e. The van der Waals surface area contributed by atoms with E-state index in [0.717, 1.165) is 0 Å². The molecule has 0 saturated carbocycles. The normalized spacial score (nSPS) is 19.3. The fraction of sp³-hybridized carbons (Fsp3) is 0.429. The average Bonchev–Trinajstić information content (AvgIpc) is 2.83. The minimum atomic E-state index is -3.14. The SMILES string of the molecule is CCN(C(=O)C(=O)Nc1ccc(N)c(Cl)c1)C1CCS(=O)(=O)C1. The first-order chi connectivity index (χ1) is 10.7. The number of nitrogens with zero attached hydrogens (tertiary/aromatic N) is 1. The Morgan fingerprint density at radius 3 is 2.65 bits per heavy atom. The zero-order valence-corrected chi connectivity index (χ0v) is 14.2. The predicted octanol–water partition coefficient (Wildman–Crippen LogP) is 0.896. The summed E-state index contributed by atoms with van der Waals surface area (Å²) in [4.78, 5) is 25.7. The van der Waals surface area contributed by atoms with Crippen LogP contribution in [0.3, 0.4) is 0 Å². The molecular weight excluding hydrogens is 342 g/mol. The number of anilines is 2. The van der Waals surface area contributed by atoms with Crippen LogP contribution in [0.4, 0.5) is 11.4 Å². The van der Waals surface area contributed by atoms with Crippen LogP contribution in [0.2, 0.25) is 5.02 Å². The van der Waals surface area contributed by atoms with Gasteiger partial charge in [0.1, 0.15) is 0 Å². The van der Waals surface area contributed by atoms with Crippen molar-refractivity contribution in [2.75, 3.05) is 29.1 Å². The predicted molar refractivity (Wildman–Crippen MR) is 88.9 cm³/mol. The van der Waals surface area contributed by atoms with Crippen molar-refractivity contribution in [3.63, 3.8) is 0 Å². The van der Waals surface area contributed by atoms with Crippen molar-refractivity contribution < 1.29 is 18.0 Å². The Hall–Kier alpha value is -1.80. The molecule has 1 atom stereocenters. The second-order valence-electron chi connectivity index (χ2n) is 5.34. The highest BCUT2D eigenvalue weighted by Gasteiger charge is 2.35. The Morgan fingerprint density at radius 1 is 1.43 bits per heavy atom. The highest BCUT2D eigenvalue weighted by atomic mass is 35.5. The van der Waals surface area contributed by atoms with Crippen LogP contribution < -0.4 is 11.1 Å². The van der Waals surface area contributed by atoms with Gasteiger partial charge in [0.15, 0.2) is 9.84 Å². The van der Waals surface area contributed by atoms with E-state index in [1.807, 2.05) is 0 Å². The summed E-state index contributed by atoms with van der Waals surface area (Å²) < 4.78 is 23.1. The number of benzene rings is 1. The molecule has 7 nitrogen and oxygen atoms in total. The highest BCUT2D eigenvalue weighted by Crippen LogP contribution is 2.23. The molecule has 1 aromatic carbocycles. The zero-order chi connectivity index (χ0) is 17.2. The number of likely N-dealkylation sites (N-methyl/N-ethyl adjacent to an activating group) is 1. The molecule has 2 rings (SSSR count). The van der Waals surface area contributed by atoms with E-state index in [4.69, 9.17) is 17.3 Å². The molecule has 1 unspecified atom stereocenters. The van der Waals surface area contributed by atoms with Crippen LogP contribution >= 0.6 is 11.6 Å². The van der Waals surface area contributed by atoms with Gasteiger partial charge in [-0.2, -0.15) is 0 Å². The van der Waals surface area contributed by atoms with Gasteiger partial charge in [0.2, 0.25) is 0 Å².